The minimum absolute atomic E-state index is 0.213. The Kier molecular flexibility index (Phi) is 4.96. The topological polar surface area (TPSA) is 55.1 Å². The second-order valence-corrected chi connectivity index (χ2v) is 7.20. The molecule has 0 bridgehead atoms. The van der Waals surface area contributed by atoms with E-state index < -0.39 is 0 Å². The highest BCUT2D eigenvalue weighted by atomic mass is 32.2. The van der Waals surface area contributed by atoms with E-state index in [1.54, 1.807) is 0 Å². The van der Waals surface area contributed by atoms with Gasteiger partial charge in [-0.25, -0.2) is 0 Å². The molecule has 18 heavy (non-hydrogen) atoms. The molecule has 2 fully saturated rings. The van der Waals surface area contributed by atoms with Crippen molar-refractivity contribution in [3.63, 3.8) is 0 Å². The van der Waals surface area contributed by atoms with E-state index in [1.807, 2.05) is 11.8 Å². The molecular weight excluding hydrogens is 244 g/mol. The van der Waals surface area contributed by atoms with Crippen molar-refractivity contribution < 1.29 is 4.79 Å². The van der Waals surface area contributed by atoms with E-state index in [-0.39, 0.29) is 11.8 Å². The summed E-state index contributed by atoms with van der Waals surface area (Å²) in [6.07, 6.45) is 11.3. The predicted octanol–water partition coefficient (Wildman–Crippen LogP) is 2.30. The van der Waals surface area contributed by atoms with E-state index in [9.17, 15) is 4.79 Å². The van der Waals surface area contributed by atoms with Gasteiger partial charge in [-0.15, -0.1) is 0 Å². The Labute approximate surface area is 115 Å². The number of carbonyl (C=O) groups is 1. The Bertz CT molecular complexity index is 282. The molecule has 0 atom stereocenters. The van der Waals surface area contributed by atoms with Crippen LogP contribution in [0, 0.1) is 5.92 Å². The van der Waals surface area contributed by atoms with Crippen molar-refractivity contribution in [2.75, 3.05) is 12.8 Å². The number of rotatable bonds is 4. The lowest BCUT2D eigenvalue weighted by molar-refractivity contribution is -0.126. The van der Waals surface area contributed by atoms with E-state index in [0.717, 1.165) is 32.2 Å². The maximum atomic E-state index is 12.2. The van der Waals surface area contributed by atoms with E-state index in [4.69, 9.17) is 5.73 Å². The number of carbonyl (C=O) groups excluding carboxylic acids is 1. The fourth-order valence-corrected chi connectivity index (χ4v) is 4.16. The van der Waals surface area contributed by atoms with Crippen LogP contribution in [-0.2, 0) is 4.79 Å². The molecule has 2 aliphatic rings. The molecule has 0 radical (unpaired) electrons. The van der Waals surface area contributed by atoms with E-state index in [1.165, 1.54) is 25.7 Å². The van der Waals surface area contributed by atoms with Crippen LogP contribution >= 0.6 is 11.8 Å². The Balaban J connectivity index is 1.77. The first kappa shape index (κ1) is 14.2. The summed E-state index contributed by atoms with van der Waals surface area (Å²) in [5.41, 5.74) is 5.88. The minimum atomic E-state index is 0.213. The molecule has 104 valence electrons. The number of hydrogen-bond acceptors (Lipinski definition) is 3. The van der Waals surface area contributed by atoms with Gasteiger partial charge < -0.3 is 11.1 Å². The van der Waals surface area contributed by atoms with E-state index in [2.05, 4.69) is 11.6 Å². The van der Waals surface area contributed by atoms with Gasteiger partial charge in [0.1, 0.15) is 0 Å². The number of nitrogens with one attached hydrogen (secondary N) is 1. The van der Waals surface area contributed by atoms with Gasteiger partial charge in [0.2, 0.25) is 5.91 Å². The summed E-state index contributed by atoms with van der Waals surface area (Å²) >= 11 is 1.93. The molecule has 2 aliphatic carbocycles. The standard InChI is InChI=1S/C14H26N2OS/c1-18-14(8-2-3-9-14)10-16-13(17)11-4-6-12(15)7-5-11/h11-12H,2-10,15H2,1H3,(H,16,17). The molecule has 1 amide bonds. The largest absolute Gasteiger partial charge is 0.354 e. The molecule has 0 heterocycles. The molecule has 3 nitrogen and oxygen atoms in total. The smallest absolute Gasteiger partial charge is 0.223 e. The minimum Gasteiger partial charge on any atom is -0.354 e. The van der Waals surface area contributed by atoms with Crippen LogP contribution in [0.1, 0.15) is 51.4 Å². The summed E-state index contributed by atoms with van der Waals surface area (Å²) in [6.45, 7) is 0.857. The average molecular weight is 270 g/mol. The third kappa shape index (κ3) is 3.41. The Morgan fingerprint density at radius 1 is 1.28 bits per heavy atom. The third-order valence-electron chi connectivity index (χ3n) is 4.68. The van der Waals surface area contributed by atoms with Gasteiger partial charge in [-0.2, -0.15) is 11.8 Å². The number of amides is 1. The predicted molar refractivity (Wildman–Crippen MR) is 77.7 cm³/mol. The van der Waals surface area contributed by atoms with Gasteiger partial charge in [0.15, 0.2) is 0 Å². The van der Waals surface area contributed by atoms with Crippen molar-refractivity contribution in [2.45, 2.75) is 62.2 Å². The molecule has 4 heteroatoms. The average Bonchev–Trinajstić information content (AvgIpc) is 2.86. The highest BCUT2D eigenvalue weighted by Gasteiger charge is 2.34. The van der Waals surface area contributed by atoms with Gasteiger partial charge in [-0.1, -0.05) is 12.8 Å². The number of thioether (sulfide) groups is 1. The first-order chi connectivity index (χ1) is 8.65. The van der Waals surface area contributed by atoms with Crippen molar-refractivity contribution in [3.05, 3.63) is 0 Å². The van der Waals surface area contributed by atoms with Crippen LogP contribution in [0.4, 0.5) is 0 Å². The summed E-state index contributed by atoms with van der Waals surface area (Å²) in [6, 6.07) is 0.321. The lowest BCUT2D eigenvalue weighted by atomic mass is 9.86. The Morgan fingerprint density at radius 3 is 2.44 bits per heavy atom. The molecule has 2 saturated carbocycles. The molecule has 0 aromatic heterocycles. The van der Waals surface area contributed by atoms with Crippen LogP contribution in [0.3, 0.4) is 0 Å². The molecular formula is C14H26N2OS. The monoisotopic (exact) mass is 270 g/mol. The molecule has 0 unspecified atom stereocenters. The van der Waals surface area contributed by atoms with Crippen LogP contribution in [-0.4, -0.2) is 29.5 Å². The maximum Gasteiger partial charge on any atom is 0.223 e. The summed E-state index contributed by atoms with van der Waals surface area (Å²) in [4.78, 5) is 12.2. The van der Waals surface area contributed by atoms with Gasteiger partial charge >= 0.3 is 0 Å². The molecule has 3 N–H and O–H groups in total. The zero-order valence-electron chi connectivity index (χ0n) is 11.4. The lowest BCUT2D eigenvalue weighted by Gasteiger charge is -2.30. The quantitative estimate of drug-likeness (QED) is 0.824. The molecule has 0 aliphatic heterocycles. The van der Waals surface area contributed by atoms with Crippen LogP contribution in [0.5, 0.6) is 0 Å². The normalized spacial score (nSPS) is 31.2. The SMILES string of the molecule is CSC1(CNC(=O)C2CCC(N)CC2)CCCC1. The summed E-state index contributed by atoms with van der Waals surface area (Å²) < 4.78 is 0.320. The second kappa shape index (κ2) is 6.29. The third-order valence-corrected chi connectivity index (χ3v) is 6.09. The Hall–Kier alpha value is -0.220. The first-order valence-electron chi connectivity index (χ1n) is 7.24. The Morgan fingerprint density at radius 2 is 1.89 bits per heavy atom. The van der Waals surface area contributed by atoms with Gasteiger partial charge in [0.05, 0.1) is 0 Å². The van der Waals surface area contributed by atoms with Crippen molar-refractivity contribution in [3.8, 4) is 0 Å². The molecule has 0 spiro atoms. The van der Waals surface area contributed by atoms with Crippen LogP contribution in [0.15, 0.2) is 0 Å². The maximum absolute atomic E-state index is 12.2. The highest BCUT2D eigenvalue weighted by Crippen LogP contribution is 2.39. The lowest BCUT2D eigenvalue weighted by Crippen LogP contribution is -2.42. The fraction of sp³-hybridized carbons (Fsp3) is 0.929. The van der Waals surface area contributed by atoms with Gasteiger partial charge in [0, 0.05) is 23.3 Å². The molecule has 2 rings (SSSR count). The zero-order chi connectivity index (χ0) is 13.0. The van der Waals surface area contributed by atoms with Crippen LogP contribution in [0.25, 0.3) is 0 Å². The number of hydrogen-bond donors (Lipinski definition) is 2. The van der Waals surface area contributed by atoms with Crippen LogP contribution in [0.2, 0.25) is 0 Å². The van der Waals surface area contributed by atoms with Crippen molar-refractivity contribution in [1.29, 1.82) is 0 Å². The van der Waals surface area contributed by atoms with Crippen molar-refractivity contribution in [1.82, 2.24) is 5.32 Å². The molecule has 0 aromatic rings. The number of nitrogens with two attached hydrogens (primary N) is 1. The summed E-state index contributed by atoms with van der Waals surface area (Å²) in [5.74, 6) is 0.479. The summed E-state index contributed by atoms with van der Waals surface area (Å²) in [7, 11) is 0. The van der Waals surface area contributed by atoms with Crippen molar-refractivity contribution in [2.24, 2.45) is 11.7 Å². The second-order valence-electron chi connectivity index (χ2n) is 5.92. The highest BCUT2D eigenvalue weighted by molar-refractivity contribution is 8.00. The molecule has 0 aromatic carbocycles. The molecule has 0 saturated heterocycles. The van der Waals surface area contributed by atoms with Crippen LogP contribution < -0.4 is 11.1 Å². The fourth-order valence-electron chi connectivity index (χ4n) is 3.25. The van der Waals surface area contributed by atoms with E-state index in [0.29, 0.717) is 10.8 Å². The van der Waals surface area contributed by atoms with Gasteiger partial charge in [-0.05, 0) is 44.8 Å². The first-order valence-corrected chi connectivity index (χ1v) is 8.46. The van der Waals surface area contributed by atoms with Crippen molar-refractivity contribution >= 4 is 17.7 Å². The van der Waals surface area contributed by atoms with Gasteiger partial charge in [-0.3, -0.25) is 4.79 Å². The van der Waals surface area contributed by atoms with Gasteiger partial charge in [0.25, 0.3) is 0 Å². The summed E-state index contributed by atoms with van der Waals surface area (Å²) in [5, 5.41) is 3.20. The van der Waals surface area contributed by atoms with E-state index >= 15 is 0 Å². The zero-order valence-corrected chi connectivity index (χ0v) is 12.2.